The molecule has 17 unspecified atom stereocenters. The predicted octanol–water partition coefficient (Wildman–Crippen LogP) is 15.3. The topological polar surface area (TPSA) is 307 Å². The molecule has 0 bridgehead atoms. The van der Waals surface area contributed by atoms with E-state index in [9.17, 15) is 61.0 Å². The van der Waals surface area contributed by atoms with Crippen LogP contribution in [0.2, 0.25) is 0 Å². The number of hydrogen-bond acceptors (Lipinski definition) is 18. The van der Waals surface area contributed by atoms with Gasteiger partial charge in [0.15, 0.2) is 18.9 Å². The summed E-state index contributed by atoms with van der Waals surface area (Å²) in [5.41, 5.74) is 0. The summed E-state index contributed by atoms with van der Waals surface area (Å²) >= 11 is 0. The normalized spacial score (nSPS) is 26.1. The van der Waals surface area contributed by atoms with Gasteiger partial charge in [-0.15, -0.1) is 0 Å². The Balaban J connectivity index is 1.37. The molecule has 1 amide bonds. The van der Waals surface area contributed by atoms with Crippen molar-refractivity contribution < 1.29 is 89.4 Å². The third-order valence-electron chi connectivity index (χ3n) is 20.6. The van der Waals surface area contributed by atoms with Crippen LogP contribution in [0.25, 0.3) is 0 Å². The Morgan fingerprint density at radius 3 is 1.01 bits per heavy atom. The number of nitrogens with one attached hydrogen (secondary N) is 1. The molecule has 3 fully saturated rings. The molecule has 3 rings (SSSR count). The standard InChI is InChI=1S/C88H153NO18/c1-3-5-7-9-11-13-15-17-19-21-23-25-27-29-31-33-34-35-36-38-40-42-44-46-48-50-52-54-56-58-60-62-64-66-76(94)89-71(72(93)65-63-61-59-57-55-53-51-49-47-45-43-41-39-37-32-30-28-26-24-22-20-18-16-14-12-10-8-6-4-2)70-102-86-82(100)79(97)84(74(68-91)104-86)107-88-83(101)80(98)85(75(69-92)105-88)106-87-81(99)78(96)77(95)73(67-90)103-87/h5,7,11,13,17,19,23,25,29,31,34-35,38,40,44,46,50,52,71-75,77-88,90-93,95-101H,3-4,6,8-10,12,14-16,18,20-22,24,26-28,30,32-33,36-37,39,41-43,45,47-49,51,53-70H2,1-2H3,(H,89,94)/b7-5-,13-11-,19-17-,25-23-,31-29-,35-34-,40-38-,46-44-,52-50-. The van der Waals surface area contributed by atoms with Crippen molar-refractivity contribution in [2.75, 3.05) is 26.4 Å². The molecule has 0 radical (unpaired) electrons. The van der Waals surface area contributed by atoms with Gasteiger partial charge in [-0.25, -0.2) is 0 Å². The number of unbranched alkanes of at least 4 members (excludes halogenated alkanes) is 33. The number of ether oxygens (including phenoxy) is 6. The maximum Gasteiger partial charge on any atom is 0.220 e. The Kier molecular flexibility index (Phi) is 61.1. The van der Waals surface area contributed by atoms with Crippen molar-refractivity contribution in [3.8, 4) is 0 Å². The Bertz CT molecular complexity index is 2360. The van der Waals surface area contributed by atoms with Crippen molar-refractivity contribution in [1.82, 2.24) is 5.32 Å². The quantitative estimate of drug-likeness (QED) is 0.0199. The van der Waals surface area contributed by atoms with Crippen LogP contribution in [-0.4, -0.2) is 193 Å². The van der Waals surface area contributed by atoms with Gasteiger partial charge < -0.3 is 89.9 Å². The molecule has 19 heteroatoms. The SMILES string of the molecule is CC/C=C\C/C=C\C/C=C\C/C=C\C/C=C\C/C=C\C/C=C\C/C=C\C/C=C\CCCCCCCC(=O)NC(COC1OC(CO)C(OC2OC(CO)C(OC3OC(CO)C(O)C(O)C3O)C(O)C2O)C(O)C1O)C(O)CCCCCCCCCCCCCCCCCCCCCCCCCCCCCCC. The van der Waals surface area contributed by atoms with Gasteiger partial charge in [0.2, 0.25) is 5.91 Å². The highest BCUT2D eigenvalue weighted by Gasteiger charge is 2.54. The first-order valence-corrected chi connectivity index (χ1v) is 42.6. The summed E-state index contributed by atoms with van der Waals surface area (Å²) < 4.78 is 34.5. The van der Waals surface area contributed by atoms with Crippen molar-refractivity contribution >= 4 is 5.91 Å². The molecular formula is C88H153NO18. The van der Waals surface area contributed by atoms with Gasteiger partial charge in [0.1, 0.15) is 73.2 Å². The van der Waals surface area contributed by atoms with Crippen molar-refractivity contribution in [2.24, 2.45) is 0 Å². The van der Waals surface area contributed by atoms with E-state index in [4.69, 9.17) is 28.4 Å². The van der Waals surface area contributed by atoms with Gasteiger partial charge in [0.05, 0.1) is 38.6 Å². The van der Waals surface area contributed by atoms with Crippen LogP contribution >= 0.6 is 0 Å². The summed E-state index contributed by atoms with van der Waals surface area (Å²) in [4.78, 5) is 13.5. The van der Waals surface area contributed by atoms with Crippen LogP contribution in [-0.2, 0) is 33.2 Å². The van der Waals surface area contributed by atoms with Crippen LogP contribution in [0.1, 0.15) is 309 Å². The largest absolute Gasteiger partial charge is 0.394 e. The van der Waals surface area contributed by atoms with Crippen LogP contribution < -0.4 is 5.32 Å². The first-order valence-electron chi connectivity index (χ1n) is 42.6. The van der Waals surface area contributed by atoms with E-state index < -0.39 is 124 Å². The fourth-order valence-corrected chi connectivity index (χ4v) is 13.8. The molecule has 0 aromatic carbocycles. The van der Waals surface area contributed by atoms with Crippen LogP contribution in [0.15, 0.2) is 109 Å². The van der Waals surface area contributed by atoms with Crippen LogP contribution in [0.4, 0.5) is 0 Å². The summed E-state index contributed by atoms with van der Waals surface area (Å²) in [6.07, 6.45) is 66.0. The summed E-state index contributed by atoms with van der Waals surface area (Å²) in [6.45, 7) is 1.70. The monoisotopic (exact) mass is 1510 g/mol. The highest BCUT2D eigenvalue weighted by Crippen LogP contribution is 2.33. The van der Waals surface area contributed by atoms with Crippen LogP contribution in [0.3, 0.4) is 0 Å². The number of allylic oxidation sites excluding steroid dienone is 18. The van der Waals surface area contributed by atoms with Gasteiger partial charge >= 0.3 is 0 Å². The van der Waals surface area contributed by atoms with E-state index in [1.807, 2.05) is 0 Å². The minimum Gasteiger partial charge on any atom is -0.394 e. The summed E-state index contributed by atoms with van der Waals surface area (Å²) in [5, 5.41) is 121. The lowest BCUT2D eigenvalue weighted by molar-refractivity contribution is -0.379. The number of rotatable bonds is 67. The Labute approximate surface area is 646 Å². The number of hydrogen-bond donors (Lipinski definition) is 12. The van der Waals surface area contributed by atoms with Gasteiger partial charge in [-0.3, -0.25) is 4.79 Å². The molecule has 0 aromatic heterocycles. The van der Waals surface area contributed by atoms with Gasteiger partial charge in [0, 0.05) is 6.42 Å². The molecule has 19 nitrogen and oxygen atoms in total. The molecule has 0 aromatic rings. The highest BCUT2D eigenvalue weighted by molar-refractivity contribution is 5.76. The zero-order chi connectivity index (χ0) is 77.4. The van der Waals surface area contributed by atoms with Gasteiger partial charge in [-0.05, 0) is 83.5 Å². The minimum atomic E-state index is -1.98. The highest BCUT2D eigenvalue weighted by atomic mass is 16.8. The molecule has 0 saturated carbocycles. The van der Waals surface area contributed by atoms with E-state index in [0.29, 0.717) is 12.8 Å². The zero-order valence-corrected chi connectivity index (χ0v) is 66.3. The lowest BCUT2D eigenvalue weighted by atomic mass is 9.96. The number of aliphatic hydroxyl groups excluding tert-OH is 11. The van der Waals surface area contributed by atoms with E-state index in [1.165, 1.54) is 161 Å². The summed E-state index contributed by atoms with van der Waals surface area (Å²) in [6, 6.07) is -0.909. The van der Waals surface area contributed by atoms with Crippen LogP contribution in [0.5, 0.6) is 0 Å². The van der Waals surface area contributed by atoms with Gasteiger partial charge in [-0.1, -0.05) is 329 Å². The Morgan fingerprint density at radius 1 is 0.346 bits per heavy atom. The van der Waals surface area contributed by atoms with E-state index in [-0.39, 0.29) is 18.9 Å². The molecule has 107 heavy (non-hydrogen) atoms. The first kappa shape index (κ1) is 97.6. The molecule has 3 saturated heterocycles. The van der Waals surface area contributed by atoms with E-state index in [1.54, 1.807) is 0 Å². The average molecular weight is 1510 g/mol. The lowest BCUT2D eigenvalue weighted by Crippen LogP contribution is -2.66. The molecule has 12 N–H and O–H groups in total. The van der Waals surface area contributed by atoms with E-state index >= 15 is 0 Å². The third kappa shape index (κ3) is 46.3. The molecule has 17 atom stereocenters. The van der Waals surface area contributed by atoms with Crippen molar-refractivity contribution in [3.05, 3.63) is 109 Å². The Hall–Kier alpha value is -3.55. The average Bonchev–Trinajstić information content (AvgIpc) is 0.782. The second-order valence-electron chi connectivity index (χ2n) is 29.9. The van der Waals surface area contributed by atoms with Crippen LogP contribution in [0, 0.1) is 0 Å². The smallest absolute Gasteiger partial charge is 0.220 e. The number of carbonyl (C=O) groups is 1. The molecule has 3 aliphatic heterocycles. The Morgan fingerprint density at radius 2 is 0.645 bits per heavy atom. The summed E-state index contributed by atoms with van der Waals surface area (Å²) in [7, 11) is 0. The second kappa shape index (κ2) is 67.0. The molecule has 3 heterocycles. The second-order valence-corrected chi connectivity index (χ2v) is 29.9. The lowest BCUT2D eigenvalue weighted by Gasteiger charge is -2.48. The number of aliphatic hydroxyl groups is 11. The van der Waals surface area contributed by atoms with Crippen molar-refractivity contribution in [2.45, 2.75) is 413 Å². The third-order valence-corrected chi connectivity index (χ3v) is 20.6. The first-order chi connectivity index (χ1) is 52.3. The fraction of sp³-hybridized carbons (Fsp3) is 0.784. The maximum absolute atomic E-state index is 13.5. The molecular weight excluding hydrogens is 1360 g/mol. The molecule has 3 aliphatic rings. The predicted molar refractivity (Wildman–Crippen MR) is 429 cm³/mol. The number of carbonyl (C=O) groups excluding carboxylic acids is 1. The van der Waals surface area contributed by atoms with E-state index in [2.05, 4.69) is 129 Å². The summed E-state index contributed by atoms with van der Waals surface area (Å²) in [5.74, 6) is -0.262. The molecule has 618 valence electrons. The molecule has 0 aliphatic carbocycles. The fourth-order valence-electron chi connectivity index (χ4n) is 13.8. The van der Waals surface area contributed by atoms with Gasteiger partial charge in [-0.2, -0.15) is 0 Å². The zero-order valence-electron chi connectivity index (χ0n) is 66.3. The van der Waals surface area contributed by atoms with Crippen molar-refractivity contribution in [3.63, 3.8) is 0 Å². The van der Waals surface area contributed by atoms with E-state index in [0.717, 1.165) is 116 Å². The maximum atomic E-state index is 13.5. The van der Waals surface area contributed by atoms with Gasteiger partial charge in [0.25, 0.3) is 0 Å². The molecule has 0 spiro atoms. The number of amides is 1. The minimum absolute atomic E-state index is 0.237. The van der Waals surface area contributed by atoms with Crippen molar-refractivity contribution in [1.29, 1.82) is 0 Å².